The average Bonchev–Trinajstić information content (AvgIpc) is 2.41. The minimum absolute atomic E-state index is 0.0741. The van der Waals surface area contributed by atoms with Crippen molar-refractivity contribution in [3.8, 4) is 0 Å². The van der Waals surface area contributed by atoms with Gasteiger partial charge in [-0.3, -0.25) is 0 Å². The van der Waals surface area contributed by atoms with Gasteiger partial charge in [0.25, 0.3) is 0 Å². The topological polar surface area (TPSA) is 67.6 Å². The molecule has 1 aromatic rings. The fourth-order valence-electron chi connectivity index (χ4n) is 2.02. The van der Waals surface area contributed by atoms with Crippen molar-refractivity contribution in [3.63, 3.8) is 0 Å². The highest BCUT2D eigenvalue weighted by Crippen LogP contribution is 2.15. The molecule has 5 nitrogen and oxygen atoms in total. The van der Waals surface area contributed by atoms with Gasteiger partial charge in [0.1, 0.15) is 0 Å². The van der Waals surface area contributed by atoms with Gasteiger partial charge in [0.05, 0.1) is 19.3 Å². The number of carbonyl (C=O) groups is 1. The lowest BCUT2D eigenvalue weighted by atomic mass is 10.2. The van der Waals surface area contributed by atoms with E-state index in [0.29, 0.717) is 25.4 Å². The van der Waals surface area contributed by atoms with Crippen molar-refractivity contribution in [2.24, 2.45) is 0 Å². The zero-order chi connectivity index (χ0) is 13.0. The number of morpholine rings is 1. The van der Waals surface area contributed by atoms with Crippen LogP contribution in [0.25, 0.3) is 0 Å². The summed E-state index contributed by atoms with van der Waals surface area (Å²) in [5, 5.41) is 2.88. The van der Waals surface area contributed by atoms with Crippen LogP contribution >= 0.6 is 0 Å². The number of ether oxygens (including phenoxy) is 1. The molecular formula is C13H19N3O2. The third-order valence-electron chi connectivity index (χ3n) is 3.12. The highest BCUT2D eigenvalue weighted by Gasteiger charge is 2.25. The molecule has 0 radical (unpaired) electrons. The van der Waals surface area contributed by atoms with Crippen LogP contribution in [0.5, 0.6) is 0 Å². The molecule has 1 saturated heterocycles. The highest BCUT2D eigenvalue weighted by atomic mass is 16.5. The first-order valence-electron chi connectivity index (χ1n) is 6.21. The number of nitrogen functional groups attached to an aromatic ring is 1. The zero-order valence-electron chi connectivity index (χ0n) is 10.6. The zero-order valence-corrected chi connectivity index (χ0v) is 10.6. The number of nitrogens with one attached hydrogen (secondary N) is 1. The summed E-state index contributed by atoms with van der Waals surface area (Å²) in [6.07, 6.45) is 0.898. The van der Waals surface area contributed by atoms with Crippen molar-refractivity contribution >= 4 is 17.4 Å². The quantitative estimate of drug-likeness (QED) is 0.787. The molecule has 1 fully saturated rings. The molecule has 18 heavy (non-hydrogen) atoms. The molecule has 1 aliphatic heterocycles. The first-order valence-corrected chi connectivity index (χ1v) is 6.21. The largest absolute Gasteiger partial charge is 0.399 e. The number of hydrogen-bond donors (Lipinski definition) is 2. The smallest absolute Gasteiger partial charge is 0.322 e. The van der Waals surface area contributed by atoms with Gasteiger partial charge in [0.15, 0.2) is 0 Å². The summed E-state index contributed by atoms with van der Waals surface area (Å²) in [5.41, 5.74) is 7.05. The van der Waals surface area contributed by atoms with Crippen LogP contribution in [-0.2, 0) is 4.74 Å². The van der Waals surface area contributed by atoms with E-state index in [1.54, 1.807) is 24.3 Å². The van der Waals surface area contributed by atoms with Crippen molar-refractivity contribution < 1.29 is 9.53 Å². The van der Waals surface area contributed by atoms with Crippen LogP contribution in [-0.4, -0.2) is 36.7 Å². The first kappa shape index (κ1) is 12.7. The third-order valence-corrected chi connectivity index (χ3v) is 3.12. The Kier molecular flexibility index (Phi) is 4.04. The fraction of sp³-hybridized carbons (Fsp3) is 0.462. The van der Waals surface area contributed by atoms with Crippen LogP contribution in [0.2, 0.25) is 0 Å². The van der Waals surface area contributed by atoms with E-state index in [9.17, 15) is 4.79 Å². The Hall–Kier alpha value is -1.75. The Bertz CT molecular complexity index is 405. The molecular weight excluding hydrogens is 230 g/mol. The predicted octanol–water partition coefficient (Wildman–Crippen LogP) is 1.91. The molecule has 0 aromatic heterocycles. The van der Waals surface area contributed by atoms with E-state index in [1.165, 1.54) is 0 Å². The van der Waals surface area contributed by atoms with Gasteiger partial charge < -0.3 is 20.7 Å². The number of rotatable bonds is 2. The summed E-state index contributed by atoms with van der Waals surface area (Å²) < 4.78 is 5.38. The van der Waals surface area contributed by atoms with E-state index in [1.807, 2.05) is 4.90 Å². The van der Waals surface area contributed by atoms with Crippen LogP contribution < -0.4 is 11.1 Å². The number of amides is 2. The standard InChI is InChI=1S/C13H19N3O2/c1-2-12-9-18-8-7-16(12)13(17)15-11-5-3-10(14)4-6-11/h3-6,12H,2,7-9,14H2,1H3,(H,15,17). The molecule has 1 atom stereocenters. The second-order valence-corrected chi connectivity index (χ2v) is 4.38. The van der Waals surface area contributed by atoms with E-state index in [-0.39, 0.29) is 12.1 Å². The normalized spacial score (nSPS) is 19.6. The molecule has 1 aliphatic rings. The Morgan fingerprint density at radius 1 is 1.50 bits per heavy atom. The van der Waals surface area contributed by atoms with E-state index in [0.717, 1.165) is 12.1 Å². The third kappa shape index (κ3) is 2.92. The Labute approximate surface area is 107 Å². The molecule has 1 unspecified atom stereocenters. The monoisotopic (exact) mass is 249 g/mol. The number of urea groups is 1. The van der Waals surface area contributed by atoms with E-state index in [2.05, 4.69) is 12.2 Å². The molecule has 3 N–H and O–H groups in total. The van der Waals surface area contributed by atoms with Gasteiger partial charge in [-0.1, -0.05) is 6.92 Å². The fourth-order valence-corrected chi connectivity index (χ4v) is 2.02. The SMILES string of the molecule is CCC1COCCN1C(=O)Nc1ccc(N)cc1. The number of hydrogen-bond acceptors (Lipinski definition) is 3. The van der Waals surface area contributed by atoms with Gasteiger partial charge in [0, 0.05) is 17.9 Å². The summed E-state index contributed by atoms with van der Waals surface area (Å²) in [7, 11) is 0. The van der Waals surface area contributed by atoms with Crippen LogP contribution in [0.4, 0.5) is 16.2 Å². The summed E-state index contributed by atoms with van der Waals surface area (Å²) in [6, 6.07) is 7.23. The summed E-state index contributed by atoms with van der Waals surface area (Å²) in [4.78, 5) is 14.0. The molecule has 0 spiro atoms. The predicted molar refractivity (Wildman–Crippen MR) is 71.5 cm³/mol. The molecule has 1 heterocycles. The van der Waals surface area contributed by atoms with Gasteiger partial charge in [-0.2, -0.15) is 0 Å². The maximum atomic E-state index is 12.1. The molecule has 1 aromatic carbocycles. The van der Waals surface area contributed by atoms with Crippen LogP contribution in [0, 0.1) is 0 Å². The van der Waals surface area contributed by atoms with Crippen LogP contribution in [0.15, 0.2) is 24.3 Å². The summed E-state index contributed by atoms with van der Waals surface area (Å²) in [6.45, 7) is 3.92. The maximum Gasteiger partial charge on any atom is 0.322 e. The minimum atomic E-state index is -0.0741. The van der Waals surface area contributed by atoms with Crippen molar-refractivity contribution in [1.29, 1.82) is 0 Å². The molecule has 2 rings (SSSR count). The van der Waals surface area contributed by atoms with Gasteiger partial charge >= 0.3 is 6.03 Å². The average molecular weight is 249 g/mol. The van der Waals surface area contributed by atoms with E-state index < -0.39 is 0 Å². The Balaban J connectivity index is 2.00. The van der Waals surface area contributed by atoms with Crippen LogP contribution in [0.3, 0.4) is 0 Å². The van der Waals surface area contributed by atoms with Gasteiger partial charge in [-0.15, -0.1) is 0 Å². The van der Waals surface area contributed by atoms with Gasteiger partial charge in [0.2, 0.25) is 0 Å². The van der Waals surface area contributed by atoms with Gasteiger partial charge in [-0.25, -0.2) is 4.79 Å². The van der Waals surface area contributed by atoms with Crippen molar-refractivity contribution in [2.45, 2.75) is 19.4 Å². The van der Waals surface area contributed by atoms with E-state index in [4.69, 9.17) is 10.5 Å². The molecule has 5 heteroatoms. The molecule has 0 saturated carbocycles. The lowest BCUT2D eigenvalue weighted by Gasteiger charge is -2.35. The lowest BCUT2D eigenvalue weighted by Crippen LogP contribution is -2.50. The van der Waals surface area contributed by atoms with Crippen molar-refractivity contribution in [1.82, 2.24) is 4.90 Å². The lowest BCUT2D eigenvalue weighted by molar-refractivity contribution is 0.0144. The second-order valence-electron chi connectivity index (χ2n) is 4.38. The Morgan fingerprint density at radius 3 is 2.89 bits per heavy atom. The van der Waals surface area contributed by atoms with E-state index >= 15 is 0 Å². The number of carbonyl (C=O) groups excluding carboxylic acids is 1. The number of benzene rings is 1. The Morgan fingerprint density at radius 2 is 2.22 bits per heavy atom. The highest BCUT2D eigenvalue weighted by molar-refractivity contribution is 5.89. The second kappa shape index (κ2) is 5.73. The van der Waals surface area contributed by atoms with Gasteiger partial charge in [-0.05, 0) is 30.7 Å². The van der Waals surface area contributed by atoms with Crippen molar-refractivity contribution in [2.75, 3.05) is 30.8 Å². The molecule has 2 amide bonds. The number of nitrogens with two attached hydrogens (primary N) is 1. The van der Waals surface area contributed by atoms with Crippen molar-refractivity contribution in [3.05, 3.63) is 24.3 Å². The molecule has 0 aliphatic carbocycles. The van der Waals surface area contributed by atoms with Crippen LogP contribution in [0.1, 0.15) is 13.3 Å². The summed E-state index contributed by atoms with van der Waals surface area (Å²) in [5.74, 6) is 0. The molecule has 98 valence electrons. The molecule has 0 bridgehead atoms. The minimum Gasteiger partial charge on any atom is -0.399 e. The number of anilines is 2. The number of nitrogens with zero attached hydrogens (tertiary/aromatic N) is 1. The summed E-state index contributed by atoms with van der Waals surface area (Å²) >= 11 is 0. The maximum absolute atomic E-state index is 12.1. The first-order chi connectivity index (χ1) is 8.70.